The molecule has 5 heteroatoms. The van der Waals surface area contributed by atoms with Gasteiger partial charge in [-0.15, -0.1) is 18.3 Å². The average molecular weight is 279 g/mol. The second-order valence-corrected chi connectivity index (χ2v) is 5.42. The van der Waals surface area contributed by atoms with E-state index in [0.717, 1.165) is 10.5 Å². The zero-order chi connectivity index (χ0) is 14.3. The number of hydrogen-bond donors (Lipinski definition) is 2. The summed E-state index contributed by atoms with van der Waals surface area (Å²) < 4.78 is 0. The lowest BCUT2D eigenvalue weighted by atomic mass is 10.2. The summed E-state index contributed by atoms with van der Waals surface area (Å²) in [4.78, 5) is 23.2. The van der Waals surface area contributed by atoms with Gasteiger partial charge < -0.3 is 10.4 Å². The van der Waals surface area contributed by atoms with Crippen molar-refractivity contribution < 1.29 is 14.7 Å². The molecule has 1 amide bonds. The van der Waals surface area contributed by atoms with Crippen molar-refractivity contribution in [3.8, 4) is 0 Å². The zero-order valence-corrected chi connectivity index (χ0v) is 11.6. The van der Waals surface area contributed by atoms with Crippen LogP contribution in [0.2, 0.25) is 0 Å². The normalized spacial score (nSPS) is 11.6. The third-order valence-electron chi connectivity index (χ3n) is 2.38. The fraction of sp³-hybridized carbons (Fsp3) is 0.286. The fourth-order valence-corrected chi connectivity index (χ4v) is 2.33. The van der Waals surface area contributed by atoms with Crippen molar-refractivity contribution in [3.63, 3.8) is 0 Å². The number of carbonyl (C=O) groups is 2. The first-order valence-corrected chi connectivity index (χ1v) is 6.77. The molecule has 0 saturated carbocycles. The van der Waals surface area contributed by atoms with Gasteiger partial charge >= 0.3 is 5.97 Å². The van der Waals surface area contributed by atoms with Gasteiger partial charge in [-0.3, -0.25) is 9.59 Å². The maximum absolute atomic E-state index is 11.7. The minimum Gasteiger partial charge on any atom is -0.481 e. The second-order valence-electron chi connectivity index (χ2n) is 4.01. The highest BCUT2D eigenvalue weighted by molar-refractivity contribution is 8.00. The standard InChI is InChI=1S/C14H17NO3S/c1-3-8-15-14(18)10(2)19-12-6-4-11(5-7-12)9-13(16)17/h3-7,10H,1,8-9H2,2H3,(H,15,18)(H,16,17). The maximum atomic E-state index is 11.7. The van der Waals surface area contributed by atoms with Gasteiger partial charge in [0.2, 0.25) is 5.91 Å². The quantitative estimate of drug-likeness (QED) is 0.592. The van der Waals surface area contributed by atoms with E-state index in [2.05, 4.69) is 11.9 Å². The number of benzene rings is 1. The molecule has 0 radical (unpaired) electrons. The Morgan fingerprint density at radius 2 is 2.05 bits per heavy atom. The molecular weight excluding hydrogens is 262 g/mol. The summed E-state index contributed by atoms with van der Waals surface area (Å²) in [5.41, 5.74) is 0.751. The highest BCUT2D eigenvalue weighted by atomic mass is 32.2. The summed E-state index contributed by atoms with van der Waals surface area (Å²) in [6.07, 6.45) is 1.65. The van der Waals surface area contributed by atoms with Crippen LogP contribution >= 0.6 is 11.8 Å². The number of thioether (sulfide) groups is 1. The number of carboxylic acids is 1. The number of carboxylic acid groups (broad SMARTS) is 1. The van der Waals surface area contributed by atoms with E-state index < -0.39 is 5.97 Å². The van der Waals surface area contributed by atoms with Crippen LogP contribution in [0.3, 0.4) is 0 Å². The van der Waals surface area contributed by atoms with E-state index >= 15 is 0 Å². The van der Waals surface area contributed by atoms with Gasteiger partial charge in [0.05, 0.1) is 11.7 Å². The molecule has 1 aromatic carbocycles. The largest absolute Gasteiger partial charge is 0.481 e. The lowest BCUT2D eigenvalue weighted by molar-refractivity contribution is -0.136. The van der Waals surface area contributed by atoms with E-state index in [1.54, 1.807) is 18.2 Å². The fourth-order valence-electron chi connectivity index (χ4n) is 1.43. The molecule has 1 unspecified atom stereocenters. The SMILES string of the molecule is C=CCNC(=O)C(C)Sc1ccc(CC(=O)O)cc1. The highest BCUT2D eigenvalue weighted by Crippen LogP contribution is 2.23. The van der Waals surface area contributed by atoms with Crippen molar-refractivity contribution in [2.24, 2.45) is 0 Å². The van der Waals surface area contributed by atoms with E-state index in [4.69, 9.17) is 5.11 Å². The molecule has 0 saturated heterocycles. The second kappa shape index (κ2) is 7.63. The van der Waals surface area contributed by atoms with Crippen LogP contribution in [0.1, 0.15) is 12.5 Å². The Bertz CT molecular complexity index is 456. The molecule has 0 fully saturated rings. The third-order valence-corrected chi connectivity index (χ3v) is 3.49. The number of nitrogens with one attached hydrogen (secondary N) is 1. The number of aliphatic carboxylic acids is 1. The smallest absolute Gasteiger partial charge is 0.307 e. The number of carbonyl (C=O) groups excluding carboxylic acids is 1. The summed E-state index contributed by atoms with van der Waals surface area (Å²) in [5, 5.41) is 11.2. The van der Waals surface area contributed by atoms with Gasteiger partial charge in [-0.1, -0.05) is 18.2 Å². The van der Waals surface area contributed by atoms with Gasteiger partial charge in [0.15, 0.2) is 0 Å². The Morgan fingerprint density at radius 3 is 2.58 bits per heavy atom. The molecular formula is C14H17NO3S. The Labute approximate surface area is 116 Å². The minimum absolute atomic E-state index is 0.0142. The lowest BCUT2D eigenvalue weighted by Gasteiger charge is -2.11. The number of hydrogen-bond acceptors (Lipinski definition) is 3. The molecule has 0 aromatic heterocycles. The van der Waals surface area contributed by atoms with Crippen molar-refractivity contribution in [2.45, 2.75) is 23.5 Å². The molecule has 19 heavy (non-hydrogen) atoms. The van der Waals surface area contributed by atoms with Crippen LogP contribution in [0.25, 0.3) is 0 Å². The molecule has 0 bridgehead atoms. The van der Waals surface area contributed by atoms with Gasteiger partial charge in [-0.25, -0.2) is 0 Å². The van der Waals surface area contributed by atoms with Crippen LogP contribution < -0.4 is 5.32 Å². The Balaban J connectivity index is 2.54. The van der Waals surface area contributed by atoms with Crippen molar-refractivity contribution in [1.82, 2.24) is 5.32 Å². The van der Waals surface area contributed by atoms with Crippen molar-refractivity contribution in [3.05, 3.63) is 42.5 Å². The van der Waals surface area contributed by atoms with Gasteiger partial charge in [-0.2, -0.15) is 0 Å². The average Bonchev–Trinajstić information content (AvgIpc) is 2.37. The molecule has 0 aliphatic carbocycles. The first kappa shape index (κ1) is 15.3. The van der Waals surface area contributed by atoms with Gasteiger partial charge in [-0.05, 0) is 24.6 Å². The minimum atomic E-state index is -0.849. The maximum Gasteiger partial charge on any atom is 0.307 e. The first-order valence-electron chi connectivity index (χ1n) is 5.89. The number of amides is 1. The van der Waals surface area contributed by atoms with Crippen LogP contribution in [0.15, 0.2) is 41.8 Å². The van der Waals surface area contributed by atoms with E-state index in [0.29, 0.717) is 6.54 Å². The molecule has 0 spiro atoms. The molecule has 1 aromatic rings. The lowest BCUT2D eigenvalue weighted by Crippen LogP contribution is -2.30. The molecule has 0 aliphatic rings. The molecule has 102 valence electrons. The van der Waals surface area contributed by atoms with Crippen molar-refractivity contribution >= 4 is 23.6 Å². The van der Waals surface area contributed by atoms with Crippen molar-refractivity contribution in [1.29, 1.82) is 0 Å². The molecule has 2 N–H and O–H groups in total. The van der Waals surface area contributed by atoms with Gasteiger partial charge in [0, 0.05) is 11.4 Å². The first-order chi connectivity index (χ1) is 9.02. The predicted molar refractivity (Wildman–Crippen MR) is 76.3 cm³/mol. The predicted octanol–water partition coefficient (Wildman–Crippen LogP) is 2.10. The van der Waals surface area contributed by atoms with Crippen LogP contribution in [-0.2, 0) is 16.0 Å². The summed E-state index contributed by atoms with van der Waals surface area (Å²) in [6, 6.07) is 7.20. The summed E-state index contributed by atoms with van der Waals surface area (Å²) in [7, 11) is 0. The molecule has 4 nitrogen and oxygen atoms in total. The van der Waals surface area contributed by atoms with Crippen LogP contribution in [0.5, 0.6) is 0 Å². The Morgan fingerprint density at radius 1 is 1.42 bits per heavy atom. The third kappa shape index (κ3) is 5.61. The van der Waals surface area contributed by atoms with Crippen LogP contribution in [-0.4, -0.2) is 28.8 Å². The summed E-state index contributed by atoms with van der Waals surface area (Å²) in [5.74, 6) is -0.892. The number of rotatable bonds is 7. The zero-order valence-electron chi connectivity index (χ0n) is 10.8. The van der Waals surface area contributed by atoms with Crippen LogP contribution in [0, 0.1) is 0 Å². The Hall–Kier alpha value is -1.75. The van der Waals surface area contributed by atoms with Crippen molar-refractivity contribution in [2.75, 3.05) is 6.54 Å². The van der Waals surface area contributed by atoms with E-state index in [9.17, 15) is 9.59 Å². The van der Waals surface area contributed by atoms with E-state index in [-0.39, 0.29) is 17.6 Å². The van der Waals surface area contributed by atoms with Gasteiger partial charge in [0.25, 0.3) is 0 Å². The van der Waals surface area contributed by atoms with Crippen LogP contribution in [0.4, 0.5) is 0 Å². The topological polar surface area (TPSA) is 66.4 Å². The monoisotopic (exact) mass is 279 g/mol. The molecule has 0 heterocycles. The van der Waals surface area contributed by atoms with E-state index in [1.165, 1.54) is 11.8 Å². The molecule has 1 atom stereocenters. The molecule has 0 aliphatic heterocycles. The molecule has 1 rings (SSSR count). The Kier molecular flexibility index (Phi) is 6.15. The van der Waals surface area contributed by atoms with E-state index in [1.807, 2.05) is 19.1 Å². The summed E-state index contributed by atoms with van der Waals surface area (Å²) in [6.45, 7) is 5.83. The summed E-state index contributed by atoms with van der Waals surface area (Å²) >= 11 is 1.44. The highest BCUT2D eigenvalue weighted by Gasteiger charge is 2.13. The van der Waals surface area contributed by atoms with Gasteiger partial charge in [0.1, 0.15) is 0 Å².